The van der Waals surface area contributed by atoms with E-state index in [0.29, 0.717) is 11.0 Å². The summed E-state index contributed by atoms with van der Waals surface area (Å²) < 4.78 is 0. The SMILES string of the molecule is CC(C)c1ccc(C=Nc2nc(-c3ccccc3)c(-c3ccc([N+](=O)[O-])cc3)s2)cc1. The fourth-order valence-electron chi connectivity index (χ4n) is 3.18. The van der Waals surface area contributed by atoms with Gasteiger partial charge in [0.1, 0.15) is 0 Å². The summed E-state index contributed by atoms with van der Waals surface area (Å²) in [7, 11) is 0. The summed E-state index contributed by atoms with van der Waals surface area (Å²) >= 11 is 1.47. The minimum Gasteiger partial charge on any atom is -0.258 e. The number of thiazole rings is 1. The van der Waals surface area contributed by atoms with Crippen molar-refractivity contribution in [2.45, 2.75) is 19.8 Å². The molecule has 0 saturated heterocycles. The van der Waals surface area contributed by atoms with Crippen molar-refractivity contribution < 1.29 is 4.92 Å². The summed E-state index contributed by atoms with van der Waals surface area (Å²) in [4.78, 5) is 20.9. The first-order chi connectivity index (χ1) is 15.0. The number of hydrogen-bond acceptors (Lipinski definition) is 5. The molecule has 154 valence electrons. The van der Waals surface area contributed by atoms with Gasteiger partial charge in [-0.25, -0.2) is 9.98 Å². The Morgan fingerprint density at radius 1 is 0.935 bits per heavy atom. The van der Waals surface area contributed by atoms with E-state index < -0.39 is 4.92 Å². The van der Waals surface area contributed by atoms with Crippen LogP contribution in [0.3, 0.4) is 0 Å². The molecule has 4 rings (SSSR count). The van der Waals surface area contributed by atoms with Crippen LogP contribution in [-0.4, -0.2) is 16.1 Å². The van der Waals surface area contributed by atoms with E-state index in [-0.39, 0.29) is 5.69 Å². The molecule has 6 heteroatoms. The third-order valence-electron chi connectivity index (χ3n) is 4.93. The van der Waals surface area contributed by atoms with Crippen molar-refractivity contribution in [2.75, 3.05) is 0 Å². The highest BCUT2D eigenvalue weighted by atomic mass is 32.1. The van der Waals surface area contributed by atoms with Crippen LogP contribution >= 0.6 is 11.3 Å². The Labute approximate surface area is 184 Å². The molecule has 0 fully saturated rings. The van der Waals surface area contributed by atoms with E-state index in [9.17, 15) is 10.1 Å². The monoisotopic (exact) mass is 427 g/mol. The third kappa shape index (κ3) is 4.75. The van der Waals surface area contributed by atoms with Crippen LogP contribution < -0.4 is 0 Å². The van der Waals surface area contributed by atoms with Crippen LogP contribution in [0, 0.1) is 10.1 Å². The van der Waals surface area contributed by atoms with Crippen molar-refractivity contribution >= 4 is 28.4 Å². The van der Waals surface area contributed by atoms with Crippen LogP contribution in [0.25, 0.3) is 21.7 Å². The van der Waals surface area contributed by atoms with Crippen LogP contribution in [-0.2, 0) is 0 Å². The summed E-state index contributed by atoms with van der Waals surface area (Å²) in [5.74, 6) is 0.489. The molecule has 1 aromatic heterocycles. The van der Waals surface area contributed by atoms with E-state index in [1.54, 1.807) is 12.1 Å². The van der Waals surface area contributed by atoms with Gasteiger partial charge in [0.05, 0.1) is 15.5 Å². The molecule has 0 bridgehead atoms. The molecule has 31 heavy (non-hydrogen) atoms. The molecule has 4 aromatic rings. The molecule has 0 aliphatic rings. The molecule has 3 aromatic carbocycles. The lowest BCUT2D eigenvalue weighted by Crippen LogP contribution is -1.88. The van der Waals surface area contributed by atoms with Crippen molar-refractivity contribution in [3.8, 4) is 21.7 Å². The van der Waals surface area contributed by atoms with E-state index in [4.69, 9.17) is 4.98 Å². The van der Waals surface area contributed by atoms with E-state index in [1.807, 2.05) is 36.5 Å². The van der Waals surface area contributed by atoms with Crippen molar-refractivity contribution in [3.05, 3.63) is 100 Å². The number of benzene rings is 3. The van der Waals surface area contributed by atoms with Gasteiger partial charge in [0.15, 0.2) is 0 Å². The molecule has 0 radical (unpaired) electrons. The predicted octanol–water partition coefficient (Wildman–Crippen LogP) is 7.26. The molecular weight excluding hydrogens is 406 g/mol. The Morgan fingerprint density at radius 3 is 2.23 bits per heavy atom. The van der Waals surface area contributed by atoms with Crippen LogP contribution in [0.5, 0.6) is 0 Å². The first-order valence-corrected chi connectivity index (χ1v) is 10.8. The fraction of sp³-hybridized carbons (Fsp3) is 0.120. The molecule has 0 aliphatic carbocycles. The van der Waals surface area contributed by atoms with Gasteiger partial charge in [-0.15, -0.1) is 0 Å². The van der Waals surface area contributed by atoms with E-state index in [2.05, 4.69) is 43.1 Å². The molecule has 0 saturated carbocycles. The van der Waals surface area contributed by atoms with E-state index in [0.717, 1.165) is 27.3 Å². The second-order valence-corrected chi connectivity index (χ2v) is 8.40. The highest BCUT2D eigenvalue weighted by Crippen LogP contribution is 2.40. The van der Waals surface area contributed by atoms with Gasteiger partial charge in [-0.2, -0.15) is 0 Å². The van der Waals surface area contributed by atoms with Gasteiger partial charge in [0, 0.05) is 23.9 Å². The minimum atomic E-state index is -0.394. The summed E-state index contributed by atoms with van der Waals surface area (Å²) in [6.45, 7) is 4.34. The maximum Gasteiger partial charge on any atom is 0.269 e. The van der Waals surface area contributed by atoms with Crippen LogP contribution in [0.4, 0.5) is 10.8 Å². The molecule has 0 N–H and O–H groups in total. The summed E-state index contributed by atoms with van der Waals surface area (Å²) in [5.41, 5.74) is 5.05. The smallest absolute Gasteiger partial charge is 0.258 e. The first-order valence-electron chi connectivity index (χ1n) is 9.96. The lowest BCUT2D eigenvalue weighted by molar-refractivity contribution is -0.384. The Kier molecular flexibility index (Phi) is 6.00. The molecule has 0 unspecified atom stereocenters. The van der Waals surface area contributed by atoms with Crippen LogP contribution in [0.15, 0.2) is 83.9 Å². The number of aromatic nitrogens is 1. The highest BCUT2D eigenvalue weighted by Gasteiger charge is 2.16. The highest BCUT2D eigenvalue weighted by molar-refractivity contribution is 7.19. The Bertz CT molecular complexity index is 1210. The maximum atomic E-state index is 11.0. The summed E-state index contributed by atoms with van der Waals surface area (Å²) in [6.07, 6.45) is 1.82. The van der Waals surface area contributed by atoms with Crippen LogP contribution in [0.2, 0.25) is 0 Å². The largest absolute Gasteiger partial charge is 0.269 e. The van der Waals surface area contributed by atoms with Gasteiger partial charge in [-0.3, -0.25) is 10.1 Å². The van der Waals surface area contributed by atoms with Gasteiger partial charge >= 0.3 is 0 Å². The molecule has 1 heterocycles. The summed E-state index contributed by atoms with van der Waals surface area (Å²) in [6, 6.07) is 24.8. The second kappa shape index (κ2) is 9.02. The fourth-order valence-corrected chi connectivity index (χ4v) is 4.12. The Morgan fingerprint density at radius 2 is 1.61 bits per heavy atom. The van der Waals surface area contributed by atoms with Gasteiger partial charge in [0.25, 0.3) is 5.69 Å². The topological polar surface area (TPSA) is 68.4 Å². The molecule has 5 nitrogen and oxygen atoms in total. The third-order valence-corrected chi connectivity index (χ3v) is 5.94. The number of hydrogen-bond donors (Lipinski definition) is 0. The normalized spacial score (nSPS) is 11.3. The van der Waals surface area contributed by atoms with Crippen molar-refractivity contribution in [2.24, 2.45) is 4.99 Å². The molecule has 0 aliphatic heterocycles. The zero-order chi connectivity index (χ0) is 21.8. The first kappa shape index (κ1) is 20.6. The van der Waals surface area contributed by atoms with E-state index >= 15 is 0 Å². The zero-order valence-corrected chi connectivity index (χ0v) is 18.0. The number of nitrogens with zero attached hydrogens (tertiary/aromatic N) is 3. The van der Waals surface area contributed by atoms with Crippen molar-refractivity contribution in [3.63, 3.8) is 0 Å². The van der Waals surface area contributed by atoms with E-state index in [1.165, 1.54) is 29.0 Å². The molecule has 0 atom stereocenters. The van der Waals surface area contributed by atoms with Gasteiger partial charge < -0.3 is 0 Å². The Balaban J connectivity index is 1.70. The number of nitro groups is 1. The number of rotatable bonds is 6. The lowest BCUT2D eigenvalue weighted by atomic mass is 10.0. The van der Waals surface area contributed by atoms with Crippen LogP contribution in [0.1, 0.15) is 30.9 Å². The average molecular weight is 428 g/mol. The van der Waals surface area contributed by atoms with Gasteiger partial charge in [-0.05, 0) is 34.7 Å². The standard InChI is InChI=1S/C25H21N3O2S/c1-17(2)19-10-8-18(9-11-19)16-26-25-27-23(20-6-4-3-5-7-20)24(31-25)21-12-14-22(15-13-21)28(29)30/h3-17H,1-2H3. The second-order valence-electron chi connectivity index (χ2n) is 7.42. The maximum absolute atomic E-state index is 11.0. The quantitative estimate of drug-likeness (QED) is 0.185. The average Bonchev–Trinajstić information content (AvgIpc) is 3.23. The number of non-ortho nitro benzene ring substituents is 1. The predicted molar refractivity (Wildman–Crippen MR) is 127 cm³/mol. The Hall–Kier alpha value is -3.64. The minimum absolute atomic E-state index is 0.0672. The number of aliphatic imine (C=N–C) groups is 1. The molecule has 0 spiro atoms. The van der Waals surface area contributed by atoms with Gasteiger partial charge in [-0.1, -0.05) is 79.8 Å². The molecular formula is C25H21N3O2S. The molecule has 0 amide bonds. The van der Waals surface area contributed by atoms with Crippen molar-refractivity contribution in [1.82, 2.24) is 4.98 Å². The zero-order valence-electron chi connectivity index (χ0n) is 17.2. The van der Waals surface area contributed by atoms with Gasteiger partial charge in [0.2, 0.25) is 5.13 Å². The van der Waals surface area contributed by atoms with Crippen molar-refractivity contribution in [1.29, 1.82) is 0 Å². The lowest BCUT2D eigenvalue weighted by Gasteiger charge is -2.04. The summed E-state index contributed by atoms with van der Waals surface area (Å²) in [5, 5.41) is 11.6. The number of nitro benzene ring substituents is 1.